The standard InChI is InChI=1S/C11H22N2OS/c1-2-10-15-11-4-12-3-5-13-6-8-14-9-7-13/h2,12H,1,3-11H2. The summed E-state index contributed by atoms with van der Waals surface area (Å²) in [5.74, 6) is 2.24. The van der Waals surface area contributed by atoms with E-state index in [2.05, 4.69) is 16.8 Å². The van der Waals surface area contributed by atoms with Crippen LogP contribution in [0.25, 0.3) is 0 Å². The van der Waals surface area contributed by atoms with Crippen LogP contribution in [0.4, 0.5) is 0 Å². The van der Waals surface area contributed by atoms with Crippen LogP contribution < -0.4 is 5.32 Å². The van der Waals surface area contributed by atoms with Gasteiger partial charge in [-0.1, -0.05) is 6.08 Å². The largest absolute Gasteiger partial charge is 0.379 e. The molecule has 0 aliphatic carbocycles. The molecule has 0 aromatic rings. The minimum absolute atomic E-state index is 0.898. The van der Waals surface area contributed by atoms with E-state index in [9.17, 15) is 0 Å². The molecule has 0 saturated carbocycles. The molecule has 0 atom stereocenters. The van der Waals surface area contributed by atoms with Crippen LogP contribution >= 0.6 is 11.8 Å². The molecule has 4 heteroatoms. The van der Waals surface area contributed by atoms with Gasteiger partial charge in [-0.05, 0) is 0 Å². The van der Waals surface area contributed by atoms with Gasteiger partial charge in [0.25, 0.3) is 0 Å². The molecule has 0 aromatic carbocycles. The van der Waals surface area contributed by atoms with Crippen molar-refractivity contribution in [3.05, 3.63) is 12.7 Å². The van der Waals surface area contributed by atoms with Gasteiger partial charge in [-0.15, -0.1) is 6.58 Å². The zero-order valence-corrected chi connectivity index (χ0v) is 10.2. The molecule has 0 unspecified atom stereocenters. The third-order valence-corrected chi connectivity index (χ3v) is 3.33. The Labute approximate surface area is 97.2 Å². The van der Waals surface area contributed by atoms with Gasteiger partial charge >= 0.3 is 0 Å². The number of morpholine rings is 1. The van der Waals surface area contributed by atoms with Crippen molar-refractivity contribution in [3.8, 4) is 0 Å². The molecule has 88 valence electrons. The Morgan fingerprint density at radius 3 is 2.87 bits per heavy atom. The predicted molar refractivity (Wildman–Crippen MR) is 67.7 cm³/mol. The molecule has 0 radical (unpaired) electrons. The van der Waals surface area contributed by atoms with Crippen LogP contribution in [0.3, 0.4) is 0 Å². The zero-order chi connectivity index (χ0) is 10.8. The van der Waals surface area contributed by atoms with Crippen molar-refractivity contribution in [3.63, 3.8) is 0 Å². The minimum Gasteiger partial charge on any atom is -0.379 e. The number of hydrogen-bond donors (Lipinski definition) is 1. The number of thioether (sulfide) groups is 1. The van der Waals surface area contributed by atoms with Gasteiger partial charge in [0.15, 0.2) is 0 Å². The fourth-order valence-corrected chi connectivity index (χ4v) is 2.12. The summed E-state index contributed by atoms with van der Waals surface area (Å²) in [7, 11) is 0. The van der Waals surface area contributed by atoms with E-state index >= 15 is 0 Å². The van der Waals surface area contributed by atoms with E-state index in [1.807, 2.05) is 17.8 Å². The molecule has 0 spiro atoms. The summed E-state index contributed by atoms with van der Waals surface area (Å²) in [6, 6.07) is 0. The normalized spacial score (nSPS) is 17.9. The maximum atomic E-state index is 5.30. The van der Waals surface area contributed by atoms with Crippen molar-refractivity contribution in [1.29, 1.82) is 0 Å². The fraction of sp³-hybridized carbons (Fsp3) is 0.818. The number of hydrogen-bond acceptors (Lipinski definition) is 4. The van der Waals surface area contributed by atoms with Crippen molar-refractivity contribution in [2.24, 2.45) is 0 Å². The molecule has 1 aliphatic rings. The third kappa shape index (κ3) is 6.95. The second kappa shape index (κ2) is 9.21. The maximum absolute atomic E-state index is 5.30. The van der Waals surface area contributed by atoms with Gasteiger partial charge in [-0.2, -0.15) is 11.8 Å². The number of ether oxygens (including phenoxy) is 1. The highest BCUT2D eigenvalue weighted by molar-refractivity contribution is 7.99. The molecule has 0 amide bonds. The first kappa shape index (κ1) is 13.0. The number of nitrogens with zero attached hydrogens (tertiary/aromatic N) is 1. The van der Waals surface area contributed by atoms with Gasteiger partial charge in [0.1, 0.15) is 0 Å². The van der Waals surface area contributed by atoms with Gasteiger partial charge < -0.3 is 10.1 Å². The van der Waals surface area contributed by atoms with E-state index in [4.69, 9.17) is 4.74 Å². The summed E-state index contributed by atoms with van der Waals surface area (Å²) in [6.07, 6.45) is 1.96. The Kier molecular flexibility index (Phi) is 8.01. The van der Waals surface area contributed by atoms with Gasteiger partial charge in [0, 0.05) is 44.2 Å². The van der Waals surface area contributed by atoms with Crippen LogP contribution in [0.2, 0.25) is 0 Å². The Morgan fingerprint density at radius 1 is 1.33 bits per heavy atom. The zero-order valence-electron chi connectivity index (χ0n) is 9.41. The Balaban J connectivity index is 1.81. The first-order chi connectivity index (χ1) is 7.43. The highest BCUT2D eigenvalue weighted by Crippen LogP contribution is 1.97. The molecular formula is C11H22N2OS. The molecule has 1 fully saturated rings. The van der Waals surface area contributed by atoms with E-state index in [-0.39, 0.29) is 0 Å². The van der Waals surface area contributed by atoms with Gasteiger partial charge in [0.05, 0.1) is 13.2 Å². The molecule has 0 bridgehead atoms. The van der Waals surface area contributed by atoms with E-state index in [0.29, 0.717) is 0 Å². The molecule has 1 heterocycles. The highest BCUT2D eigenvalue weighted by Gasteiger charge is 2.08. The van der Waals surface area contributed by atoms with Crippen LogP contribution in [0.5, 0.6) is 0 Å². The highest BCUT2D eigenvalue weighted by atomic mass is 32.2. The molecule has 1 N–H and O–H groups in total. The Hall–Kier alpha value is -0.0300. The van der Waals surface area contributed by atoms with Crippen molar-refractivity contribution in [2.45, 2.75) is 0 Å². The quantitative estimate of drug-likeness (QED) is 0.493. The van der Waals surface area contributed by atoms with Gasteiger partial charge in [-0.25, -0.2) is 0 Å². The van der Waals surface area contributed by atoms with Crippen molar-refractivity contribution >= 4 is 11.8 Å². The van der Waals surface area contributed by atoms with Crippen molar-refractivity contribution in [2.75, 3.05) is 57.4 Å². The van der Waals surface area contributed by atoms with Gasteiger partial charge in [-0.3, -0.25) is 4.90 Å². The fourth-order valence-electron chi connectivity index (χ4n) is 1.50. The Morgan fingerprint density at radius 2 is 2.13 bits per heavy atom. The average molecular weight is 230 g/mol. The molecule has 1 saturated heterocycles. The molecule has 1 rings (SSSR count). The first-order valence-electron chi connectivity index (χ1n) is 5.63. The van der Waals surface area contributed by atoms with Crippen LogP contribution in [-0.2, 0) is 4.74 Å². The third-order valence-electron chi connectivity index (χ3n) is 2.37. The summed E-state index contributed by atoms with van der Waals surface area (Å²) in [4.78, 5) is 2.45. The van der Waals surface area contributed by atoms with E-state index in [1.54, 1.807) is 0 Å². The van der Waals surface area contributed by atoms with Crippen molar-refractivity contribution in [1.82, 2.24) is 10.2 Å². The van der Waals surface area contributed by atoms with Crippen LogP contribution in [-0.4, -0.2) is 62.3 Å². The maximum Gasteiger partial charge on any atom is 0.0594 e. The second-order valence-electron chi connectivity index (χ2n) is 3.57. The second-order valence-corrected chi connectivity index (χ2v) is 4.72. The van der Waals surface area contributed by atoms with Crippen LogP contribution in [0.1, 0.15) is 0 Å². The van der Waals surface area contributed by atoms with Crippen molar-refractivity contribution < 1.29 is 4.74 Å². The number of nitrogens with one attached hydrogen (secondary N) is 1. The Bertz CT molecular complexity index is 161. The molecule has 3 nitrogen and oxygen atoms in total. The summed E-state index contributed by atoms with van der Waals surface area (Å²) >= 11 is 1.93. The molecule has 0 aromatic heterocycles. The van der Waals surface area contributed by atoms with E-state index in [1.165, 1.54) is 5.75 Å². The minimum atomic E-state index is 0.898. The van der Waals surface area contributed by atoms with Crippen LogP contribution in [0, 0.1) is 0 Å². The van der Waals surface area contributed by atoms with Crippen LogP contribution in [0.15, 0.2) is 12.7 Å². The molecule has 15 heavy (non-hydrogen) atoms. The van der Waals surface area contributed by atoms with Gasteiger partial charge in [0.2, 0.25) is 0 Å². The summed E-state index contributed by atoms with van der Waals surface area (Å²) in [5.41, 5.74) is 0. The summed E-state index contributed by atoms with van der Waals surface area (Å²) < 4.78 is 5.30. The smallest absolute Gasteiger partial charge is 0.0594 e. The topological polar surface area (TPSA) is 24.5 Å². The SMILES string of the molecule is C=CCSCCNCCN1CCOCC1. The van der Waals surface area contributed by atoms with E-state index < -0.39 is 0 Å². The lowest BCUT2D eigenvalue weighted by atomic mass is 10.4. The monoisotopic (exact) mass is 230 g/mol. The lowest BCUT2D eigenvalue weighted by molar-refractivity contribution is 0.0385. The lowest BCUT2D eigenvalue weighted by Gasteiger charge is -2.26. The predicted octanol–water partition coefficient (Wildman–Crippen LogP) is 0.827. The van der Waals surface area contributed by atoms with E-state index in [0.717, 1.165) is 51.7 Å². The molecule has 1 aliphatic heterocycles. The molecular weight excluding hydrogens is 208 g/mol. The summed E-state index contributed by atoms with van der Waals surface area (Å²) in [6.45, 7) is 11.0. The average Bonchev–Trinajstić information content (AvgIpc) is 2.29. The number of rotatable bonds is 8. The summed E-state index contributed by atoms with van der Waals surface area (Å²) in [5, 5.41) is 3.45. The first-order valence-corrected chi connectivity index (χ1v) is 6.78. The lowest BCUT2D eigenvalue weighted by Crippen LogP contribution is -2.40.